The van der Waals surface area contributed by atoms with Crippen LogP contribution in [0.4, 0.5) is 0 Å². The molecular weight excluding hydrogens is 308 g/mol. The molecule has 0 aliphatic heterocycles. The van der Waals surface area contributed by atoms with E-state index in [4.69, 9.17) is 0 Å². The summed E-state index contributed by atoms with van der Waals surface area (Å²) in [6.07, 6.45) is 4.67. The van der Waals surface area contributed by atoms with Gasteiger partial charge >= 0.3 is 0 Å². The molecule has 124 valence electrons. The van der Waals surface area contributed by atoms with Crippen LogP contribution in [0.15, 0.2) is 79.3 Å². The molecule has 2 heterocycles. The van der Waals surface area contributed by atoms with Crippen molar-refractivity contribution < 1.29 is 0 Å². The van der Waals surface area contributed by atoms with Crippen molar-refractivity contribution in [2.24, 2.45) is 0 Å². The molecule has 0 saturated carbocycles. The standard InChI is InChI=1S/C21H20N4/c1-2-7-21-20(6-1)24-16-25(21)19-10-8-17(9-11-19)15-22-14-12-18-5-3-4-13-23-18/h1-11,13,16,22H,12,14-15H2. The van der Waals surface area contributed by atoms with Crippen molar-refractivity contribution in [3.8, 4) is 5.69 Å². The zero-order chi connectivity index (χ0) is 16.9. The van der Waals surface area contributed by atoms with Crippen molar-refractivity contribution >= 4 is 11.0 Å². The molecule has 0 fully saturated rings. The van der Waals surface area contributed by atoms with E-state index in [0.717, 1.165) is 41.9 Å². The SMILES string of the molecule is c1ccc(CCNCc2ccc(-n3cnc4ccccc43)cc2)nc1. The summed E-state index contributed by atoms with van der Waals surface area (Å²) in [5.74, 6) is 0. The predicted octanol–water partition coefficient (Wildman–Crippen LogP) is 3.75. The van der Waals surface area contributed by atoms with Gasteiger partial charge in [0.15, 0.2) is 0 Å². The second kappa shape index (κ2) is 7.28. The highest BCUT2D eigenvalue weighted by Gasteiger charge is 2.03. The fourth-order valence-electron chi connectivity index (χ4n) is 2.93. The van der Waals surface area contributed by atoms with Gasteiger partial charge in [0, 0.05) is 37.1 Å². The van der Waals surface area contributed by atoms with E-state index >= 15 is 0 Å². The Morgan fingerprint density at radius 3 is 2.52 bits per heavy atom. The van der Waals surface area contributed by atoms with Crippen LogP contribution in [0.2, 0.25) is 0 Å². The quantitative estimate of drug-likeness (QED) is 0.548. The number of nitrogens with zero attached hydrogens (tertiary/aromatic N) is 3. The first kappa shape index (κ1) is 15.5. The van der Waals surface area contributed by atoms with E-state index in [9.17, 15) is 0 Å². The Morgan fingerprint density at radius 1 is 0.840 bits per heavy atom. The molecule has 0 bridgehead atoms. The maximum Gasteiger partial charge on any atom is 0.100 e. The minimum atomic E-state index is 0.859. The summed E-state index contributed by atoms with van der Waals surface area (Å²) in [5, 5.41) is 3.47. The number of benzene rings is 2. The Morgan fingerprint density at radius 2 is 1.68 bits per heavy atom. The van der Waals surface area contributed by atoms with Crippen molar-refractivity contribution in [3.63, 3.8) is 0 Å². The van der Waals surface area contributed by atoms with Gasteiger partial charge in [-0.2, -0.15) is 0 Å². The van der Waals surface area contributed by atoms with Crippen LogP contribution in [-0.2, 0) is 13.0 Å². The Bertz CT molecular complexity index is 942. The van der Waals surface area contributed by atoms with Crippen LogP contribution in [0.25, 0.3) is 16.7 Å². The lowest BCUT2D eigenvalue weighted by Crippen LogP contribution is -2.17. The van der Waals surface area contributed by atoms with Crippen LogP contribution in [0.1, 0.15) is 11.3 Å². The molecule has 1 N–H and O–H groups in total. The first-order valence-electron chi connectivity index (χ1n) is 8.52. The van der Waals surface area contributed by atoms with Gasteiger partial charge in [-0.05, 0) is 42.0 Å². The van der Waals surface area contributed by atoms with E-state index in [1.54, 1.807) is 0 Å². The minimum Gasteiger partial charge on any atom is -0.312 e. The zero-order valence-corrected chi connectivity index (χ0v) is 14.0. The number of fused-ring (bicyclic) bond motifs is 1. The summed E-state index contributed by atoms with van der Waals surface area (Å²) >= 11 is 0. The lowest BCUT2D eigenvalue weighted by atomic mass is 10.2. The van der Waals surface area contributed by atoms with E-state index in [1.165, 1.54) is 5.56 Å². The number of para-hydroxylation sites is 2. The van der Waals surface area contributed by atoms with Crippen molar-refractivity contribution in [2.45, 2.75) is 13.0 Å². The summed E-state index contributed by atoms with van der Waals surface area (Å²) < 4.78 is 2.12. The molecule has 0 aliphatic carbocycles. The van der Waals surface area contributed by atoms with Gasteiger partial charge in [0.25, 0.3) is 0 Å². The second-order valence-electron chi connectivity index (χ2n) is 6.02. The summed E-state index contributed by atoms with van der Waals surface area (Å²) in [7, 11) is 0. The molecule has 0 amide bonds. The number of aromatic nitrogens is 3. The number of hydrogen-bond donors (Lipinski definition) is 1. The Balaban J connectivity index is 1.37. The molecule has 4 heteroatoms. The molecule has 4 nitrogen and oxygen atoms in total. The van der Waals surface area contributed by atoms with E-state index in [0.29, 0.717) is 0 Å². The summed E-state index contributed by atoms with van der Waals surface area (Å²) in [6, 6.07) is 22.8. The predicted molar refractivity (Wildman–Crippen MR) is 101 cm³/mol. The molecular formula is C21H20N4. The molecule has 0 atom stereocenters. The largest absolute Gasteiger partial charge is 0.312 e. The first-order valence-corrected chi connectivity index (χ1v) is 8.52. The molecule has 0 spiro atoms. The molecule has 0 unspecified atom stereocenters. The Hall–Kier alpha value is -2.98. The van der Waals surface area contributed by atoms with Crippen molar-refractivity contribution in [2.75, 3.05) is 6.54 Å². The fourth-order valence-corrected chi connectivity index (χ4v) is 2.93. The van der Waals surface area contributed by atoms with Gasteiger partial charge in [0.1, 0.15) is 6.33 Å². The molecule has 2 aromatic heterocycles. The van der Waals surface area contributed by atoms with Gasteiger partial charge in [-0.3, -0.25) is 9.55 Å². The molecule has 0 aliphatic rings. The van der Waals surface area contributed by atoms with Gasteiger partial charge < -0.3 is 5.32 Å². The van der Waals surface area contributed by atoms with Gasteiger partial charge in [0.05, 0.1) is 11.0 Å². The van der Waals surface area contributed by atoms with Crippen LogP contribution in [-0.4, -0.2) is 21.1 Å². The topological polar surface area (TPSA) is 42.7 Å². The summed E-state index contributed by atoms with van der Waals surface area (Å²) in [6.45, 7) is 1.78. The molecule has 25 heavy (non-hydrogen) atoms. The van der Waals surface area contributed by atoms with E-state index in [2.05, 4.69) is 56.3 Å². The van der Waals surface area contributed by atoms with Gasteiger partial charge in [0.2, 0.25) is 0 Å². The first-order chi connectivity index (χ1) is 12.4. The third-order valence-electron chi connectivity index (χ3n) is 4.28. The zero-order valence-electron chi connectivity index (χ0n) is 14.0. The van der Waals surface area contributed by atoms with Crippen molar-refractivity contribution in [1.82, 2.24) is 19.9 Å². The number of imidazole rings is 1. The highest BCUT2D eigenvalue weighted by molar-refractivity contribution is 5.77. The number of rotatable bonds is 6. The fraction of sp³-hybridized carbons (Fsp3) is 0.143. The van der Waals surface area contributed by atoms with Crippen LogP contribution < -0.4 is 5.32 Å². The summed E-state index contributed by atoms with van der Waals surface area (Å²) in [5.41, 5.74) is 5.67. The molecule has 4 aromatic rings. The summed E-state index contributed by atoms with van der Waals surface area (Å²) in [4.78, 5) is 8.79. The van der Waals surface area contributed by atoms with E-state index in [1.807, 2.05) is 42.9 Å². The van der Waals surface area contributed by atoms with Gasteiger partial charge in [-0.25, -0.2) is 4.98 Å². The number of pyridine rings is 1. The third kappa shape index (κ3) is 3.59. The monoisotopic (exact) mass is 328 g/mol. The average molecular weight is 328 g/mol. The average Bonchev–Trinajstić information content (AvgIpc) is 3.11. The highest BCUT2D eigenvalue weighted by Crippen LogP contribution is 2.18. The maximum atomic E-state index is 4.45. The Kier molecular flexibility index (Phi) is 4.53. The molecule has 4 rings (SSSR count). The smallest absolute Gasteiger partial charge is 0.100 e. The van der Waals surface area contributed by atoms with Crippen LogP contribution in [0.3, 0.4) is 0 Å². The number of nitrogens with one attached hydrogen (secondary N) is 1. The van der Waals surface area contributed by atoms with Crippen LogP contribution in [0, 0.1) is 0 Å². The van der Waals surface area contributed by atoms with Gasteiger partial charge in [-0.1, -0.05) is 30.3 Å². The normalized spacial score (nSPS) is 11.0. The van der Waals surface area contributed by atoms with E-state index in [-0.39, 0.29) is 0 Å². The lowest BCUT2D eigenvalue weighted by molar-refractivity contribution is 0.680. The maximum absolute atomic E-state index is 4.45. The van der Waals surface area contributed by atoms with Crippen molar-refractivity contribution in [1.29, 1.82) is 0 Å². The second-order valence-corrected chi connectivity index (χ2v) is 6.02. The lowest BCUT2D eigenvalue weighted by Gasteiger charge is -2.08. The molecule has 0 saturated heterocycles. The molecule has 2 aromatic carbocycles. The molecule has 0 radical (unpaired) electrons. The Labute approximate surface area is 147 Å². The minimum absolute atomic E-state index is 0.859. The van der Waals surface area contributed by atoms with Crippen molar-refractivity contribution in [3.05, 3.63) is 90.5 Å². The van der Waals surface area contributed by atoms with Crippen LogP contribution >= 0.6 is 0 Å². The van der Waals surface area contributed by atoms with Crippen LogP contribution in [0.5, 0.6) is 0 Å². The van der Waals surface area contributed by atoms with E-state index < -0.39 is 0 Å². The highest BCUT2D eigenvalue weighted by atomic mass is 15.0. The third-order valence-corrected chi connectivity index (χ3v) is 4.28. The van der Waals surface area contributed by atoms with Gasteiger partial charge in [-0.15, -0.1) is 0 Å². The number of hydrogen-bond acceptors (Lipinski definition) is 3.